The lowest BCUT2D eigenvalue weighted by atomic mass is 10.2. The number of rotatable bonds is 6. The Hall–Kier alpha value is -0.740. The van der Waals surface area contributed by atoms with Crippen LogP contribution < -0.4 is 9.47 Å². The fraction of sp³-hybridized carbons (Fsp3) is 0.571. The van der Waals surface area contributed by atoms with Gasteiger partial charge in [-0.3, -0.25) is 4.90 Å². The fourth-order valence-electron chi connectivity index (χ4n) is 2.22. The molecule has 0 unspecified atom stereocenters. The summed E-state index contributed by atoms with van der Waals surface area (Å²) in [5.74, 6) is 1.70. The smallest absolute Gasteiger partial charge is 0.231 e. The van der Waals surface area contributed by atoms with Crippen molar-refractivity contribution in [1.29, 1.82) is 0 Å². The van der Waals surface area contributed by atoms with Gasteiger partial charge in [-0.15, -0.1) is 0 Å². The summed E-state index contributed by atoms with van der Waals surface area (Å²) in [5, 5.41) is 0. The van der Waals surface area contributed by atoms with Crippen molar-refractivity contribution in [3.8, 4) is 11.5 Å². The molecular weight excluding hydrogens is 294 g/mol. The van der Waals surface area contributed by atoms with Gasteiger partial charge in [-0.05, 0) is 43.6 Å². The molecule has 2 rings (SSSR count). The molecule has 100 valence electrons. The van der Waals surface area contributed by atoms with E-state index in [1.165, 1.54) is 18.4 Å². The number of nitrogens with zero attached hydrogens (tertiary/aromatic N) is 1. The summed E-state index contributed by atoms with van der Waals surface area (Å²) in [7, 11) is 0. The highest BCUT2D eigenvalue weighted by atomic mass is 79.9. The second-order valence-corrected chi connectivity index (χ2v) is 5.43. The normalized spacial score (nSPS) is 13.3. The van der Waals surface area contributed by atoms with Gasteiger partial charge in [-0.1, -0.05) is 29.8 Å². The number of fused-ring (bicyclic) bond motifs is 1. The molecule has 0 amide bonds. The standard InChI is InChI=1S/C14H20BrNO2/c1-3-5-16(6-4-2)9-11-7-13-14(8-12(11)15)18-10-17-13/h7-8H,3-6,9-10H2,1-2H3. The summed E-state index contributed by atoms with van der Waals surface area (Å²) >= 11 is 3.62. The molecule has 0 fully saturated rings. The molecule has 0 saturated heterocycles. The van der Waals surface area contributed by atoms with Crippen molar-refractivity contribution in [1.82, 2.24) is 4.90 Å². The maximum Gasteiger partial charge on any atom is 0.231 e. The zero-order valence-corrected chi connectivity index (χ0v) is 12.6. The zero-order chi connectivity index (χ0) is 13.0. The molecule has 0 spiro atoms. The molecule has 1 aliphatic heterocycles. The van der Waals surface area contributed by atoms with E-state index >= 15 is 0 Å². The van der Waals surface area contributed by atoms with Crippen molar-refractivity contribution in [3.63, 3.8) is 0 Å². The topological polar surface area (TPSA) is 21.7 Å². The van der Waals surface area contributed by atoms with Crippen LogP contribution in [0, 0.1) is 0 Å². The van der Waals surface area contributed by atoms with Crippen LogP contribution in [0.4, 0.5) is 0 Å². The molecule has 0 bridgehead atoms. The van der Waals surface area contributed by atoms with Gasteiger partial charge in [-0.2, -0.15) is 0 Å². The summed E-state index contributed by atoms with van der Waals surface area (Å²) in [6.45, 7) is 8.00. The van der Waals surface area contributed by atoms with Crippen molar-refractivity contribution < 1.29 is 9.47 Å². The third-order valence-electron chi connectivity index (χ3n) is 3.02. The number of hydrogen-bond acceptors (Lipinski definition) is 3. The van der Waals surface area contributed by atoms with E-state index in [-0.39, 0.29) is 0 Å². The SMILES string of the molecule is CCCN(CCC)Cc1cc2c(cc1Br)OCO2. The van der Waals surface area contributed by atoms with Gasteiger partial charge in [0.15, 0.2) is 11.5 Å². The second kappa shape index (κ2) is 6.43. The van der Waals surface area contributed by atoms with Crippen LogP contribution in [-0.4, -0.2) is 24.8 Å². The summed E-state index contributed by atoms with van der Waals surface area (Å²) < 4.78 is 11.9. The summed E-state index contributed by atoms with van der Waals surface area (Å²) in [4.78, 5) is 2.47. The number of ether oxygens (including phenoxy) is 2. The first-order valence-corrected chi connectivity index (χ1v) is 7.34. The average Bonchev–Trinajstić information content (AvgIpc) is 2.77. The van der Waals surface area contributed by atoms with Crippen LogP contribution in [0.25, 0.3) is 0 Å². The second-order valence-electron chi connectivity index (χ2n) is 4.57. The van der Waals surface area contributed by atoms with E-state index in [1.54, 1.807) is 0 Å². The summed E-state index contributed by atoms with van der Waals surface area (Å²) in [5.41, 5.74) is 1.26. The number of halogens is 1. The fourth-order valence-corrected chi connectivity index (χ4v) is 2.67. The van der Waals surface area contributed by atoms with Crippen molar-refractivity contribution in [2.45, 2.75) is 33.2 Å². The first-order valence-electron chi connectivity index (χ1n) is 6.55. The van der Waals surface area contributed by atoms with Crippen LogP contribution in [0.1, 0.15) is 32.3 Å². The Labute approximate surface area is 117 Å². The van der Waals surface area contributed by atoms with Gasteiger partial charge in [0.2, 0.25) is 6.79 Å². The average molecular weight is 314 g/mol. The van der Waals surface area contributed by atoms with Crippen molar-refractivity contribution >= 4 is 15.9 Å². The van der Waals surface area contributed by atoms with E-state index in [0.29, 0.717) is 6.79 Å². The molecule has 1 aliphatic rings. The Kier molecular flexibility index (Phi) is 4.89. The van der Waals surface area contributed by atoms with E-state index in [9.17, 15) is 0 Å². The Balaban J connectivity index is 2.12. The van der Waals surface area contributed by atoms with Gasteiger partial charge in [0, 0.05) is 11.0 Å². The molecule has 1 aromatic rings. The van der Waals surface area contributed by atoms with Gasteiger partial charge < -0.3 is 9.47 Å². The molecule has 1 heterocycles. The lowest BCUT2D eigenvalue weighted by Crippen LogP contribution is -2.25. The molecule has 0 saturated carbocycles. The van der Waals surface area contributed by atoms with Gasteiger partial charge >= 0.3 is 0 Å². The minimum atomic E-state index is 0.332. The van der Waals surface area contributed by atoms with Crippen LogP contribution >= 0.6 is 15.9 Å². The van der Waals surface area contributed by atoms with Gasteiger partial charge in [0.05, 0.1) is 0 Å². The van der Waals surface area contributed by atoms with E-state index in [0.717, 1.165) is 35.6 Å². The van der Waals surface area contributed by atoms with Crippen LogP contribution in [0.2, 0.25) is 0 Å². The van der Waals surface area contributed by atoms with Gasteiger partial charge in [-0.25, -0.2) is 0 Å². The first-order chi connectivity index (χ1) is 8.74. The minimum Gasteiger partial charge on any atom is -0.454 e. The van der Waals surface area contributed by atoms with Crippen LogP contribution in [0.5, 0.6) is 11.5 Å². The highest BCUT2D eigenvalue weighted by Crippen LogP contribution is 2.37. The molecule has 0 aromatic heterocycles. The van der Waals surface area contributed by atoms with E-state index in [4.69, 9.17) is 9.47 Å². The molecule has 18 heavy (non-hydrogen) atoms. The van der Waals surface area contributed by atoms with Crippen LogP contribution in [0.3, 0.4) is 0 Å². The quantitative estimate of drug-likeness (QED) is 0.797. The molecule has 4 heteroatoms. The predicted molar refractivity (Wildman–Crippen MR) is 76.1 cm³/mol. The number of benzene rings is 1. The highest BCUT2D eigenvalue weighted by Gasteiger charge is 2.17. The van der Waals surface area contributed by atoms with Crippen molar-refractivity contribution in [3.05, 3.63) is 22.2 Å². The molecular formula is C14H20BrNO2. The van der Waals surface area contributed by atoms with Crippen LogP contribution in [-0.2, 0) is 6.54 Å². The van der Waals surface area contributed by atoms with Gasteiger partial charge in [0.1, 0.15) is 0 Å². The Morgan fingerprint density at radius 3 is 2.33 bits per heavy atom. The van der Waals surface area contributed by atoms with Gasteiger partial charge in [0.25, 0.3) is 0 Å². The number of hydrogen-bond donors (Lipinski definition) is 0. The minimum absolute atomic E-state index is 0.332. The predicted octanol–water partition coefficient (Wildman–Crippen LogP) is 3.80. The molecule has 1 aromatic carbocycles. The lowest BCUT2D eigenvalue weighted by Gasteiger charge is -2.21. The van der Waals surface area contributed by atoms with Crippen LogP contribution in [0.15, 0.2) is 16.6 Å². The highest BCUT2D eigenvalue weighted by molar-refractivity contribution is 9.10. The third kappa shape index (κ3) is 3.18. The molecule has 0 radical (unpaired) electrons. The monoisotopic (exact) mass is 313 g/mol. The molecule has 0 atom stereocenters. The largest absolute Gasteiger partial charge is 0.454 e. The van der Waals surface area contributed by atoms with E-state index < -0.39 is 0 Å². The maximum absolute atomic E-state index is 5.43. The molecule has 0 aliphatic carbocycles. The van der Waals surface area contributed by atoms with Crippen molar-refractivity contribution in [2.75, 3.05) is 19.9 Å². The first kappa shape index (κ1) is 13.7. The third-order valence-corrected chi connectivity index (χ3v) is 3.75. The molecule has 3 nitrogen and oxygen atoms in total. The maximum atomic E-state index is 5.43. The zero-order valence-electron chi connectivity index (χ0n) is 11.0. The Morgan fingerprint density at radius 2 is 1.72 bits per heavy atom. The van der Waals surface area contributed by atoms with Crippen molar-refractivity contribution in [2.24, 2.45) is 0 Å². The molecule has 0 N–H and O–H groups in total. The van der Waals surface area contributed by atoms with E-state index in [1.807, 2.05) is 6.07 Å². The Bertz CT molecular complexity index is 403. The Morgan fingerprint density at radius 1 is 1.11 bits per heavy atom. The van der Waals surface area contributed by atoms with E-state index in [2.05, 4.69) is 40.7 Å². The lowest BCUT2D eigenvalue weighted by molar-refractivity contribution is 0.174. The summed E-state index contributed by atoms with van der Waals surface area (Å²) in [6, 6.07) is 4.10. The summed E-state index contributed by atoms with van der Waals surface area (Å²) in [6.07, 6.45) is 2.37.